The highest BCUT2D eigenvalue weighted by atomic mass is 19.1. The van der Waals surface area contributed by atoms with Gasteiger partial charge in [0.25, 0.3) is 0 Å². The summed E-state index contributed by atoms with van der Waals surface area (Å²) in [5.41, 5.74) is -0.362. The van der Waals surface area contributed by atoms with Crippen LogP contribution in [-0.2, 0) is 12.0 Å². The van der Waals surface area contributed by atoms with E-state index in [-0.39, 0.29) is 12.2 Å². The zero-order valence-corrected chi connectivity index (χ0v) is 10.7. The van der Waals surface area contributed by atoms with Crippen LogP contribution in [0.2, 0.25) is 0 Å². The summed E-state index contributed by atoms with van der Waals surface area (Å²) in [5, 5.41) is 10.7. The van der Waals surface area contributed by atoms with Crippen LogP contribution in [0.25, 0.3) is 0 Å². The Morgan fingerprint density at radius 2 is 1.79 bits per heavy atom. The van der Waals surface area contributed by atoms with Gasteiger partial charge in [0.1, 0.15) is 11.6 Å². The van der Waals surface area contributed by atoms with Gasteiger partial charge in [-0.3, -0.25) is 0 Å². The number of benzene rings is 2. The topological polar surface area (TPSA) is 20.2 Å². The summed E-state index contributed by atoms with van der Waals surface area (Å²) in [6, 6.07) is 12.1. The van der Waals surface area contributed by atoms with Crippen LogP contribution < -0.4 is 0 Å². The fraction of sp³-hybridized carbons (Fsp3) is 0.250. The van der Waals surface area contributed by atoms with E-state index in [9.17, 15) is 13.9 Å². The van der Waals surface area contributed by atoms with Gasteiger partial charge < -0.3 is 5.11 Å². The first-order valence-electron chi connectivity index (χ1n) is 6.27. The van der Waals surface area contributed by atoms with Crippen molar-refractivity contribution < 1.29 is 13.9 Å². The molecule has 0 aliphatic carbocycles. The first-order chi connectivity index (χ1) is 9.05. The Morgan fingerprint density at radius 1 is 1.05 bits per heavy atom. The van der Waals surface area contributed by atoms with Gasteiger partial charge >= 0.3 is 0 Å². The summed E-state index contributed by atoms with van der Waals surface area (Å²) in [5.74, 6) is -0.760. The molecule has 0 saturated heterocycles. The Balaban J connectivity index is 2.36. The minimum absolute atomic E-state index is 0.125. The number of aliphatic hydroxyl groups is 1. The van der Waals surface area contributed by atoms with Crippen molar-refractivity contribution in [2.24, 2.45) is 0 Å². The first kappa shape index (κ1) is 13.7. The van der Waals surface area contributed by atoms with Gasteiger partial charge in [-0.2, -0.15) is 0 Å². The average molecular weight is 262 g/mol. The van der Waals surface area contributed by atoms with Crippen molar-refractivity contribution >= 4 is 0 Å². The fourth-order valence-electron chi connectivity index (χ4n) is 2.17. The number of hydrogen-bond acceptors (Lipinski definition) is 1. The van der Waals surface area contributed by atoms with Crippen molar-refractivity contribution in [1.29, 1.82) is 0 Å². The summed E-state index contributed by atoms with van der Waals surface area (Å²) in [7, 11) is 0. The van der Waals surface area contributed by atoms with E-state index >= 15 is 0 Å². The van der Waals surface area contributed by atoms with Gasteiger partial charge in [-0.05, 0) is 35.7 Å². The predicted octanol–water partition coefficient (Wildman–Crippen LogP) is 3.81. The van der Waals surface area contributed by atoms with Crippen molar-refractivity contribution in [3.63, 3.8) is 0 Å². The molecule has 0 aliphatic heterocycles. The molecular weight excluding hydrogens is 246 g/mol. The summed E-state index contributed by atoms with van der Waals surface area (Å²) in [6.45, 7) is 1.80. The molecule has 1 N–H and O–H groups in total. The van der Waals surface area contributed by atoms with Crippen LogP contribution in [0.1, 0.15) is 24.5 Å². The molecule has 0 aliphatic rings. The molecule has 19 heavy (non-hydrogen) atoms. The number of rotatable bonds is 4. The van der Waals surface area contributed by atoms with E-state index in [4.69, 9.17) is 0 Å². The van der Waals surface area contributed by atoms with Crippen molar-refractivity contribution in [3.05, 3.63) is 71.3 Å². The molecule has 0 heterocycles. The van der Waals surface area contributed by atoms with Crippen molar-refractivity contribution in [2.75, 3.05) is 0 Å². The normalized spacial score (nSPS) is 14.1. The van der Waals surface area contributed by atoms with Gasteiger partial charge in [0.05, 0.1) is 5.60 Å². The Hall–Kier alpha value is -1.74. The lowest BCUT2D eigenvalue weighted by molar-refractivity contribution is 0.0316. The molecule has 1 nitrogen and oxygen atoms in total. The highest BCUT2D eigenvalue weighted by Gasteiger charge is 2.28. The average Bonchev–Trinajstić information content (AvgIpc) is 2.41. The molecule has 2 rings (SSSR count). The van der Waals surface area contributed by atoms with Crippen LogP contribution in [0, 0.1) is 11.6 Å². The van der Waals surface area contributed by atoms with Crippen LogP contribution in [-0.4, -0.2) is 5.11 Å². The molecule has 3 heteroatoms. The third kappa shape index (κ3) is 2.99. The molecule has 2 aromatic rings. The van der Waals surface area contributed by atoms with E-state index in [0.29, 0.717) is 17.5 Å². The van der Waals surface area contributed by atoms with Gasteiger partial charge in [-0.15, -0.1) is 0 Å². The zero-order chi connectivity index (χ0) is 13.9. The van der Waals surface area contributed by atoms with Gasteiger partial charge in [-0.25, -0.2) is 8.78 Å². The van der Waals surface area contributed by atoms with Crippen LogP contribution in [0.3, 0.4) is 0 Å². The van der Waals surface area contributed by atoms with Crippen molar-refractivity contribution in [3.8, 4) is 0 Å². The van der Waals surface area contributed by atoms with E-state index in [1.54, 1.807) is 37.3 Å². The molecule has 0 amide bonds. The summed E-state index contributed by atoms with van der Waals surface area (Å²) in [4.78, 5) is 0. The Labute approximate surface area is 111 Å². The standard InChI is InChI=1S/C16H16F2O/c1-2-16(19,13-7-5-8-14(17)10-13)11-12-6-3-4-9-15(12)18/h3-10,19H,2,11H2,1H3. The highest BCUT2D eigenvalue weighted by Crippen LogP contribution is 2.30. The predicted molar refractivity (Wildman–Crippen MR) is 70.7 cm³/mol. The number of halogens is 2. The van der Waals surface area contributed by atoms with E-state index in [1.165, 1.54) is 18.2 Å². The summed E-state index contributed by atoms with van der Waals surface area (Å²) in [6.07, 6.45) is 0.504. The molecule has 0 bridgehead atoms. The van der Waals surface area contributed by atoms with Crippen LogP contribution in [0.15, 0.2) is 48.5 Å². The summed E-state index contributed by atoms with van der Waals surface area (Å²) >= 11 is 0. The lowest BCUT2D eigenvalue weighted by atomic mass is 9.85. The maximum atomic E-state index is 13.7. The van der Waals surface area contributed by atoms with Gasteiger partial charge in [-0.1, -0.05) is 37.3 Å². The van der Waals surface area contributed by atoms with Crippen molar-refractivity contribution in [2.45, 2.75) is 25.4 Å². The Morgan fingerprint density at radius 3 is 2.42 bits per heavy atom. The van der Waals surface area contributed by atoms with Crippen molar-refractivity contribution in [1.82, 2.24) is 0 Å². The molecular formula is C16H16F2O. The monoisotopic (exact) mass is 262 g/mol. The molecule has 0 spiro atoms. The maximum Gasteiger partial charge on any atom is 0.126 e. The Bertz CT molecular complexity index is 568. The third-order valence-corrected chi connectivity index (χ3v) is 3.39. The second-order valence-corrected chi connectivity index (χ2v) is 4.66. The van der Waals surface area contributed by atoms with Gasteiger partial charge in [0.15, 0.2) is 0 Å². The zero-order valence-electron chi connectivity index (χ0n) is 10.7. The lowest BCUT2D eigenvalue weighted by Crippen LogP contribution is -2.28. The first-order valence-corrected chi connectivity index (χ1v) is 6.27. The van der Waals surface area contributed by atoms with E-state index in [1.807, 2.05) is 0 Å². The SMILES string of the molecule is CCC(O)(Cc1ccccc1F)c1cccc(F)c1. The van der Waals surface area contributed by atoms with E-state index < -0.39 is 11.4 Å². The molecule has 2 aromatic carbocycles. The molecule has 100 valence electrons. The van der Waals surface area contributed by atoms with E-state index in [0.717, 1.165) is 0 Å². The van der Waals surface area contributed by atoms with Crippen LogP contribution >= 0.6 is 0 Å². The molecule has 1 unspecified atom stereocenters. The molecule has 1 atom stereocenters. The fourth-order valence-corrected chi connectivity index (χ4v) is 2.17. The Kier molecular flexibility index (Phi) is 3.96. The second kappa shape index (κ2) is 5.49. The van der Waals surface area contributed by atoms with Gasteiger partial charge in [0, 0.05) is 6.42 Å². The molecule has 0 aromatic heterocycles. The second-order valence-electron chi connectivity index (χ2n) is 4.66. The molecule has 0 saturated carbocycles. The lowest BCUT2D eigenvalue weighted by Gasteiger charge is -2.27. The quantitative estimate of drug-likeness (QED) is 0.888. The summed E-state index contributed by atoms with van der Waals surface area (Å²) < 4.78 is 26.9. The highest BCUT2D eigenvalue weighted by molar-refractivity contribution is 5.28. The third-order valence-electron chi connectivity index (χ3n) is 3.39. The molecule has 0 fully saturated rings. The minimum atomic E-state index is -1.26. The smallest absolute Gasteiger partial charge is 0.126 e. The van der Waals surface area contributed by atoms with Gasteiger partial charge in [0.2, 0.25) is 0 Å². The van der Waals surface area contributed by atoms with E-state index in [2.05, 4.69) is 0 Å². The number of hydrogen-bond donors (Lipinski definition) is 1. The minimum Gasteiger partial charge on any atom is -0.385 e. The van der Waals surface area contributed by atoms with Crippen LogP contribution in [0.5, 0.6) is 0 Å². The van der Waals surface area contributed by atoms with Crippen LogP contribution in [0.4, 0.5) is 8.78 Å². The maximum absolute atomic E-state index is 13.7. The largest absolute Gasteiger partial charge is 0.385 e. The molecule has 0 radical (unpaired) electrons.